The molecule has 1 saturated heterocycles. The Hall–Kier alpha value is -1.99. The van der Waals surface area contributed by atoms with Gasteiger partial charge in [0.15, 0.2) is 0 Å². The minimum Gasteiger partial charge on any atom is -0.379 e. The first-order valence-electron chi connectivity index (χ1n) is 11.0. The molecule has 1 aliphatic heterocycles. The summed E-state index contributed by atoms with van der Waals surface area (Å²) < 4.78 is 5.49. The molecule has 0 N–H and O–H groups in total. The Labute approximate surface area is 182 Å². The van der Waals surface area contributed by atoms with Crippen LogP contribution in [-0.4, -0.2) is 37.7 Å². The monoisotopic (exact) mass is 417 g/mol. The van der Waals surface area contributed by atoms with Gasteiger partial charge in [-0.1, -0.05) is 83.9 Å². The predicted molar refractivity (Wildman–Crippen MR) is 130 cm³/mol. The van der Waals surface area contributed by atoms with Crippen LogP contribution in [0.1, 0.15) is 23.1 Å². The number of benzene rings is 3. The van der Waals surface area contributed by atoms with Crippen LogP contribution in [0, 0.1) is 13.8 Å². The molecule has 1 aliphatic rings. The lowest BCUT2D eigenvalue weighted by atomic mass is 10.1. The molecule has 0 atom stereocenters. The summed E-state index contributed by atoms with van der Waals surface area (Å²) in [4.78, 5) is 2.54. The maximum Gasteiger partial charge on any atom is 0.0594 e. The van der Waals surface area contributed by atoms with E-state index in [1.54, 1.807) is 0 Å². The maximum absolute atomic E-state index is 5.49. The largest absolute Gasteiger partial charge is 0.379 e. The number of aryl methyl sites for hydroxylation is 3. The highest BCUT2D eigenvalue weighted by Crippen LogP contribution is 2.34. The van der Waals surface area contributed by atoms with Crippen LogP contribution < -0.4 is 15.9 Å². The third-order valence-corrected chi connectivity index (χ3v) is 8.39. The van der Waals surface area contributed by atoms with Crippen molar-refractivity contribution < 1.29 is 4.74 Å². The summed E-state index contributed by atoms with van der Waals surface area (Å²) in [6, 6.07) is 27.4. The van der Waals surface area contributed by atoms with Crippen LogP contribution in [0.4, 0.5) is 0 Å². The molecule has 1 heterocycles. The van der Waals surface area contributed by atoms with Gasteiger partial charge in [0.05, 0.1) is 13.2 Å². The van der Waals surface area contributed by atoms with Crippen LogP contribution in [0.3, 0.4) is 0 Å². The number of morpholine rings is 1. The molecule has 0 saturated carbocycles. The molecule has 0 bridgehead atoms. The molecule has 1 fully saturated rings. The third kappa shape index (κ3) is 5.38. The van der Waals surface area contributed by atoms with E-state index in [1.165, 1.54) is 39.0 Å². The van der Waals surface area contributed by atoms with Crippen LogP contribution in [-0.2, 0) is 11.2 Å². The van der Waals surface area contributed by atoms with Crippen LogP contribution in [0.15, 0.2) is 72.8 Å². The fourth-order valence-electron chi connectivity index (χ4n) is 4.07. The third-order valence-electron chi connectivity index (χ3n) is 5.84. The molecule has 4 rings (SSSR count). The topological polar surface area (TPSA) is 12.5 Å². The lowest BCUT2D eigenvalue weighted by Gasteiger charge is -2.27. The van der Waals surface area contributed by atoms with Crippen LogP contribution >= 0.6 is 7.92 Å². The van der Waals surface area contributed by atoms with E-state index >= 15 is 0 Å². The van der Waals surface area contributed by atoms with Crippen molar-refractivity contribution in [3.8, 4) is 0 Å². The Kier molecular flexibility index (Phi) is 7.33. The van der Waals surface area contributed by atoms with E-state index in [0.717, 1.165) is 39.3 Å². The molecule has 156 valence electrons. The first-order valence-corrected chi connectivity index (χ1v) is 12.4. The average molecular weight is 418 g/mol. The lowest BCUT2D eigenvalue weighted by Crippen LogP contribution is -2.37. The van der Waals surface area contributed by atoms with Crippen LogP contribution in [0.2, 0.25) is 0 Å². The smallest absolute Gasteiger partial charge is 0.0594 e. The van der Waals surface area contributed by atoms with Crippen molar-refractivity contribution >= 4 is 23.8 Å². The van der Waals surface area contributed by atoms with Crippen molar-refractivity contribution in [3.63, 3.8) is 0 Å². The van der Waals surface area contributed by atoms with Gasteiger partial charge in [0.25, 0.3) is 0 Å². The number of hydrogen-bond donors (Lipinski definition) is 0. The molecule has 3 aromatic carbocycles. The normalized spacial score (nSPS) is 14.9. The van der Waals surface area contributed by atoms with Crippen molar-refractivity contribution in [2.24, 2.45) is 0 Å². The van der Waals surface area contributed by atoms with Crippen molar-refractivity contribution in [2.45, 2.75) is 26.7 Å². The molecule has 0 aliphatic carbocycles. The van der Waals surface area contributed by atoms with E-state index in [1.807, 2.05) is 0 Å². The van der Waals surface area contributed by atoms with Gasteiger partial charge in [0.2, 0.25) is 0 Å². The second kappa shape index (κ2) is 10.4. The number of nitrogens with zero attached hydrogens (tertiary/aromatic N) is 1. The van der Waals surface area contributed by atoms with E-state index in [4.69, 9.17) is 4.74 Å². The Morgan fingerprint density at radius 3 is 1.93 bits per heavy atom. The molecule has 0 amide bonds. The first kappa shape index (κ1) is 21.2. The summed E-state index contributed by atoms with van der Waals surface area (Å²) in [7, 11) is -0.556. The summed E-state index contributed by atoms with van der Waals surface area (Å²) in [6.07, 6.45) is 2.33. The van der Waals surface area contributed by atoms with Crippen molar-refractivity contribution in [1.29, 1.82) is 0 Å². The van der Waals surface area contributed by atoms with Crippen LogP contribution in [0.5, 0.6) is 0 Å². The predicted octanol–water partition coefficient (Wildman–Crippen LogP) is 4.33. The van der Waals surface area contributed by atoms with Gasteiger partial charge in [0.1, 0.15) is 0 Å². The Morgan fingerprint density at radius 1 is 0.767 bits per heavy atom. The highest BCUT2D eigenvalue weighted by atomic mass is 31.1. The molecular weight excluding hydrogens is 385 g/mol. The number of rotatable bonds is 7. The van der Waals surface area contributed by atoms with Crippen molar-refractivity contribution in [3.05, 3.63) is 89.5 Å². The molecule has 30 heavy (non-hydrogen) atoms. The fraction of sp³-hybridized carbons (Fsp3) is 0.333. The molecule has 3 aromatic rings. The summed E-state index contributed by atoms with van der Waals surface area (Å²) in [5, 5.41) is 4.36. The van der Waals surface area contributed by atoms with E-state index in [2.05, 4.69) is 91.5 Å². The van der Waals surface area contributed by atoms with Gasteiger partial charge in [-0.05, 0) is 62.6 Å². The summed E-state index contributed by atoms with van der Waals surface area (Å²) >= 11 is 0. The van der Waals surface area contributed by atoms with Crippen molar-refractivity contribution in [2.75, 3.05) is 32.8 Å². The Morgan fingerprint density at radius 2 is 1.33 bits per heavy atom. The van der Waals surface area contributed by atoms with Gasteiger partial charge in [-0.3, -0.25) is 4.90 Å². The van der Waals surface area contributed by atoms with Gasteiger partial charge in [0, 0.05) is 13.1 Å². The van der Waals surface area contributed by atoms with E-state index in [-0.39, 0.29) is 0 Å². The van der Waals surface area contributed by atoms with Gasteiger partial charge in [-0.15, -0.1) is 0 Å². The molecule has 0 aromatic heterocycles. The minimum absolute atomic E-state index is 0.556. The van der Waals surface area contributed by atoms with E-state index < -0.39 is 7.92 Å². The highest BCUT2D eigenvalue weighted by Gasteiger charge is 2.19. The summed E-state index contributed by atoms with van der Waals surface area (Å²) in [5.74, 6) is 0. The quantitative estimate of drug-likeness (QED) is 0.531. The Balaban J connectivity index is 1.61. The zero-order chi connectivity index (χ0) is 20.8. The van der Waals surface area contributed by atoms with Gasteiger partial charge in [-0.2, -0.15) is 0 Å². The lowest BCUT2D eigenvalue weighted by molar-refractivity contribution is 0.0375. The summed E-state index contributed by atoms with van der Waals surface area (Å²) in [6.45, 7) is 9.38. The number of hydrogen-bond acceptors (Lipinski definition) is 2. The van der Waals surface area contributed by atoms with E-state index in [0.29, 0.717) is 0 Å². The molecular formula is C27H32NOP. The molecule has 0 radical (unpaired) electrons. The Bertz CT molecular complexity index is 884. The molecule has 3 heteroatoms. The SMILES string of the molecule is Cc1ccc(P(c2ccc(C)cc2)c2ccccc2CCCN2CCOCC2)cc1. The first-order chi connectivity index (χ1) is 14.7. The van der Waals surface area contributed by atoms with Crippen LogP contribution in [0.25, 0.3) is 0 Å². The summed E-state index contributed by atoms with van der Waals surface area (Å²) in [5.41, 5.74) is 4.13. The average Bonchev–Trinajstić information content (AvgIpc) is 2.78. The van der Waals surface area contributed by atoms with E-state index in [9.17, 15) is 0 Å². The second-order valence-electron chi connectivity index (χ2n) is 8.19. The zero-order valence-electron chi connectivity index (χ0n) is 18.2. The molecule has 2 nitrogen and oxygen atoms in total. The molecule has 0 spiro atoms. The van der Waals surface area contributed by atoms with Crippen molar-refractivity contribution in [1.82, 2.24) is 4.90 Å². The minimum atomic E-state index is -0.556. The standard InChI is InChI=1S/C27H32NOP/c1-22-9-13-25(14-10-22)30(26-15-11-23(2)12-16-26)27-8-4-3-6-24(27)7-5-17-28-18-20-29-21-19-28/h3-4,6,8-16H,5,7,17-21H2,1-2H3. The highest BCUT2D eigenvalue weighted by molar-refractivity contribution is 7.79. The fourth-order valence-corrected chi connectivity index (χ4v) is 6.53. The van der Waals surface area contributed by atoms with Gasteiger partial charge >= 0.3 is 0 Å². The van der Waals surface area contributed by atoms with Gasteiger partial charge < -0.3 is 4.74 Å². The zero-order valence-corrected chi connectivity index (χ0v) is 19.1. The molecule has 0 unspecified atom stereocenters. The second-order valence-corrected chi connectivity index (χ2v) is 10.4. The van der Waals surface area contributed by atoms with Gasteiger partial charge in [-0.25, -0.2) is 0 Å². The maximum atomic E-state index is 5.49. The number of ether oxygens (including phenoxy) is 1.